The Morgan fingerprint density at radius 1 is 1.28 bits per heavy atom. The third-order valence-corrected chi connectivity index (χ3v) is 7.08. The van der Waals surface area contributed by atoms with Gasteiger partial charge in [0.1, 0.15) is 11.3 Å². The summed E-state index contributed by atoms with van der Waals surface area (Å²) in [5.74, 6) is 1.01. The number of methoxy groups -OCH3 is 1. The summed E-state index contributed by atoms with van der Waals surface area (Å²) in [6, 6.07) is 8.24. The molecule has 0 bridgehead atoms. The molecule has 1 amide bonds. The van der Waals surface area contributed by atoms with E-state index in [1.807, 2.05) is 29.3 Å². The topological polar surface area (TPSA) is 82.6 Å². The number of fused-ring (bicyclic) bond motifs is 3. The number of aryl methyl sites for hydroxylation is 1. The highest BCUT2D eigenvalue weighted by molar-refractivity contribution is 6.06. The molecule has 7 heteroatoms. The summed E-state index contributed by atoms with van der Waals surface area (Å²) in [7, 11) is 1.69. The van der Waals surface area contributed by atoms with Crippen LogP contribution >= 0.6 is 0 Å². The molecule has 2 N–H and O–H groups in total. The zero-order valence-electron chi connectivity index (χ0n) is 18.8. The van der Waals surface area contributed by atoms with Gasteiger partial charge in [0.05, 0.1) is 24.3 Å². The van der Waals surface area contributed by atoms with Crippen molar-refractivity contribution in [2.45, 2.75) is 38.3 Å². The first-order valence-electron chi connectivity index (χ1n) is 11.3. The van der Waals surface area contributed by atoms with Crippen LogP contribution in [0.5, 0.6) is 5.75 Å². The van der Waals surface area contributed by atoms with E-state index in [1.54, 1.807) is 13.3 Å². The van der Waals surface area contributed by atoms with Crippen molar-refractivity contribution in [3.05, 3.63) is 58.9 Å². The molecule has 0 radical (unpaired) electrons. The molecule has 1 saturated heterocycles. The molecule has 2 aliphatic rings. The van der Waals surface area contributed by atoms with Crippen LogP contribution < -0.4 is 10.5 Å². The molecule has 0 unspecified atom stereocenters. The first-order chi connectivity index (χ1) is 15.6. The molecule has 1 aromatic carbocycles. The van der Waals surface area contributed by atoms with Crippen molar-refractivity contribution < 1.29 is 14.3 Å². The minimum absolute atomic E-state index is 0.0292. The molecular formula is C25H30N4O3. The van der Waals surface area contributed by atoms with E-state index in [4.69, 9.17) is 15.2 Å². The van der Waals surface area contributed by atoms with Crippen LogP contribution in [0.15, 0.2) is 36.7 Å². The number of hydrogen-bond donors (Lipinski definition) is 1. The van der Waals surface area contributed by atoms with Gasteiger partial charge in [0.15, 0.2) is 0 Å². The predicted octanol–water partition coefficient (Wildman–Crippen LogP) is 3.02. The molecule has 2 aliphatic heterocycles. The highest BCUT2D eigenvalue weighted by Crippen LogP contribution is 2.46. The Labute approximate surface area is 188 Å². The number of rotatable bonds is 5. The van der Waals surface area contributed by atoms with Gasteiger partial charge in [0.25, 0.3) is 5.91 Å². The number of piperidine rings is 1. The minimum atomic E-state index is -0.0292. The first-order valence-corrected chi connectivity index (χ1v) is 11.3. The van der Waals surface area contributed by atoms with Crippen LogP contribution in [0.1, 0.15) is 39.9 Å². The Morgan fingerprint density at radius 2 is 2.09 bits per heavy atom. The lowest BCUT2D eigenvalue weighted by Gasteiger charge is -2.38. The van der Waals surface area contributed by atoms with Gasteiger partial charge in [-0.1, -0.05) is 12.1 Å². The molecule has 3 aromatic rings. The molecular weight excluding hydrogens is 404 g/mol. The number of carbonyl (C=O) groups excluding carboxylic acids is 1. The summed E-state index contributed by atoms with van der Waals surface area (Å²) in [4.78, 5) is 20.1. The van der Waals surface area contributed by atoms with Crippen molar-refractivity contribution in [1.29, 1.82) is 0 Å². The largest absolute Gasteiger partial charge is 0.492 e. The fraction of sp³-hybridized carbons (Fsp3) is 0.440. The number of nitrogens with zero attached hydrogens (tertiary/aromatic N) is 3. The average Bonchev–Trinajstić information content (AvgIpc) is 3.37. The van der Waals surface area contributed by atoms with Gasteiger partial charge in [0, 0.05) is 56.7 Å². The number of pyridine rings is 1. The molecule has 0 aliphatic carbocycles. The minimum Gasteiger partial charge on any atom is -0.492 e. The van der Waals surface area contributed by atoms with E-state index >= 15 is 0 Å². The lowest BCUT2D eigenvalue weighted by molar-refractivity contribution is 0.0648. The van der Waals surface area contributed by atoms with Gasteiger partial charge in [-0.25, -0.2) is 0 Å². The quantitative estimate of drug-likeness (QED) is 0.668. The number of likely N-dealkylation sites (tertiary alicyclic amines) is 1. The molecule has 1 fully saturated rings. The van der Waals surface area contributed by atoms with Gasteiger partial charge in [-0.2, -0.15) is 0 Å². The van der Waals surface area contributed by atoms with Crippen LogP contribution in [-0.4, -0.2) is 53.8 Å². The smallest absolute Gasteiger partial charge is 0.257 e. The van der Waals surface area contributed by atoms with E-state index in [-0.39, 0.29) is 11.3 Å². The fourth-order valence-electron chi connectivity index (χ4n) is 5.17. The highest BCUT2D eigenvalue weighted by Gasteiger charge is 2.44. The third kappa shape index (κ3) is 3.36. The first kappa shape index (κ1) is 21.0. The monoisotopic (exact) mass is 434 g/mol. The number of aromatic nitrogens is 2. The Kier molecular flexibility index (Phi) is 5.39. The second-order valence-electron chi connectivity index (χ2n) is 8.95. The second-order valence-corrected chi connectivity index (χ2v) is 8.95. The lowest BCUT2D eigenvalue weighted by Crippen LogP contribution is -2.46. The molecule has 4 heterocycles. The van der Waals surface area contributed by atoms with Crippen LogP contribution in [0.2, 0.25) is 0 Å². The molecule has 5 rings (SSSR count). The summed E-state index contributed by atoms with van der Waals surface area (Å²) in [6.45, 7) is 5.92. The summed E-state index contributed by atoms with van der Waals surface area (Å²) < 4.78 is 13.4. The van der Waals surface area contributed by atoms with Crippen LogP contribution in [-0.2, 0) is 23.2 Å². The van der Waals surface area contributed by atoms with E-state index in [0.29, 0.717) is 45.0 Å². The lowest BCUT2D eigenvalue weighted by atomic mass is 9.74. The van der Waals surface area contributed by atoms with E-state index < -0.39 is 0 Å². The maximum Gasteiger partial charge on any atom is 0.257 e. The number of nitrogens with two attached hydrogens (primary N) is 1. The number of benzene rings is 1. The van der Waals surface area contributed by atoms with Crippen LogP contribution in [0.4, 0.5) is 0 Å². The van der Waals surface area contributed by atoms with Gasteiger partial charge in [0.2, 0.25) is 0 Å². The highest BCUT2D eigenvalue weighted by atomic mass is 16.5. The predicted molar refractivity (Wildman–Crippen MR) is 123 cm³/mol. The number of carbonyl (C=O) groups is 1. The maximum atomic E-state index is 13.6. The second kappa shape index (κ2) is 8.22. The number of ether oxygens (including phenoxy) is 2. The van der Waals surface area contributed by atoms with Gasteiger partial charge in [-0.05, 0) is 43.0 Å². The SMILES string of the molecule is COCCn1cc(C(=O)N2CCC3(CC2)COc2ccc(CN)cc23)c2nccc(C)c21. The molecule has 0 atom stereocenters. The Balaban J connectivity index is 1.39. The normalized spacial score (nSPS) is 17.0. The standard InChI is InChI=1S/C25H30N4O3/c1-17-5-8-27-22-19(15-29(23(17)22)11-12-31-2)24(30)28-9-6-25(7-10-28)16-32-21-4-3-18(14-26)13-20(21)25/h3-5,8,13,15H,6-7,9-12,14,16,26H2,1-2H3. The summed E-state index contributed by atoms with van der Waals surface area (Å²) in [5, 5.41) is 0. The van der Waals surface area contributed by atoms with Crippen LogP contribution in [0.25, 0.3) is 11.0 Å². The number of hydrogen-bond acceptors (Lipinski definition) is 5. The average molecular weight is 435 g/mol. The molecule has 2 aromatic heterocycles. The summed E-state index contributed by atoms with van der Waals surface area (Å²) in [5.41, 5.74) is 11.8. The Bertz CT molecular complexity index is 1160. The Morgan fingerprint density at radius 3 is 2.84 bits per heavy atom. The summed E-state index contributed by atoms with van der Waals surface area (Å²) in [6.07, 6.45) is 5.49. The van der Waals surface area contributed by atoms with Gasteiger partial charge >= 0.3 is 0 Å². The molecule has 32 heavy (non-hydrogen) atoms. The van der Waals surface area contributed by atoms with E-state index in [1.165, 1.54) is 5.56 Å². The zero-order valence-corrected chi connectivity index (χ0v) is 18.8. The van der Waals surface area contributed by atoms with Crippen LogP contribution in [0.3, 0.4) is 0 Å². The van der Waals surface area contributed by atoms with Crippen molar-refractivity contribution in [1.82, 2.24) is 14.5 Å². The van der Waals surface area contributed by atoms with Crippen molar-refractivity contribution in [3.63, 3.8) is 0 Å². The van der Waals surface area contributed by atoms with E-state index in [0.717, 1.165) is 40.8 Å². The van der Waals surface area contributed by atoms with E-state index in [2.05, 4.69) is 22.5 Å². The maximum absolute atomic E-state index is 13.6. The third-order valence-electron chi connectivity index (χ3n) is 7.08. The van der Waals surface area contributed by atoms with Gasteiger partial charge < -0.3 is 24.7 Å². The van der Waals surface area contributed by atoms with Gasteiger partial charge in [-0.3, -0.25) is 9.78 Å². The summed E-state index contributed by atoms with van der Waals surface area (Å²) >= 11 is 0. The van der Waals surface area contributed by atoms with Crippen molar-refractivity contribution in [2.24, 2.45) is 5.73 Å². The zero-order chi connectivity index (χ0) is 22.3. The van der Waals surface area contributed by atoms with Crippen molar-refractivity contribution in [2.75, 3.05) is 33.4 Å². The van der Waals surface area contributed by atoms with Crippen molar-refractivity contribution >= 4 is 16.9 Å². The molecule has 1 spiro atoms. The fourth-order valence-corrected chi connectivity index (χ4v) is 5.17. The van der Waals surface area contributed by atoms with Gasteiger partial charge in [-0.15, -0.1) is 0 Å². The Hall–Kier alpha value is -2.90. The van der Waals surface area contributed by atoms with Crippen molar-refractivity contribution in [3.8, 4) is 5.75 Å². The van der Waals surface area contributed by atoms with Crippen LogP contribution in [0, 0.1) is 6.92 Å². The molecule has 7 nitrogen and oxygen atoms in total. The molecule has 168 valence electrons. The molecule has 0 saturated carbocycles. The van der Waals surface area contributed by atoms with E-state index in [9.17, 15) is 4.79 Å². The number of amides is 1.